The number of hydrogen-bond donors (Lipinski definition) is 0. The van der Waals surface area contributed by atoms with Gasteiger partial charge in [0.1, 0.15) is 23.3 Å². The second-order valence-electron chi connectivity index (χ2n) is 8.34. The van der Waals surface area contributed by atoms with Crippen molar-refractivity contribution in [2.45, 2.75) is 20.4 Å². The molecular formula is C28H28F2N4O3. The smallest absolute Gasteiger partial charge is 0.203 e. The standard InChI is InChI=1S/C28H28F2N4O3/c1-6-33(7-2)16-19-15-32-28-22(14-31)21(17-10-25(35-3)27(37-5)26(11-17)36-4)13-24(34(19)28)20-9-8-18(29)12-23(20)30/h8-13,15H,6-7,16H2,1-5H3. The Hall–Kier alpha value is -4.16. The van der Waals surface area contributed by atoms with Gasteiger partial charge in [0.25, 0.3) is 0 Å². The van der Waals surface area contributed by atoms with Crippen LogP contribution in [0.1, 0.15) is 25.1 Å². The molecular weight excluding hydrogens is 478 g/mol. The van der Waals surface area contributed by atoms with Crippen molar-refractivity contribution in [1.29, 1.82) is 5.26 Å². The first-order valence-corrected chi connectivity index (χ1v) is 11.8. The van der Waals surface area contributed by atoms with Crippen LogP contribution in [0.4, 0.5) is 8.78 Å². The maximum absolute atomic E-state index is 15.1. The summed E-state index contributed by atoms with van der Waals surface area (Å²) in [5.74, 6) is -0.184. The maximum atomic E-state index is 15.1. The van der Waals surface area contributed by atoms with Crippen LogP contribution in [0.2, 0.25) is 0 Å². The average molecular weight is 507 g/mol. The van der Waals surface area contributed by atoms with E-state index in [1.54, 1.807) is 28.8 Å². The Morgan fingerprint density at radius 3 is 2.16 bits per heavy atom. The van der Waals surface area contributed by atoms with E-state index in [9.17, 15) is 9.65 Å². The number of benzene rings is 2. The number of imidazole rings is 1. The highest BCUT2D eigenvalue weighted by atomic mass is 19.1. The molecule has 0 aliphatic heterocycles. The molecule has 37 heavy (non-hydrogen) atoms. The van der Waals surface area contributed by atoms with Crippen molar-refractivity contribution in [3.05, 3.63) is 65.5 Å². The first-order chi connectivity index (χ1) is 17.9. The third-order valence-electron chi connectivity index (χ3n) is 6.42. The number of rotatable bonds is 9. The highest BCUT2D eigenvalue weighted by Crippen LogP contribution is 2.43. The molecule has 4 rings (SSSR count). The number of pyridine rings is 1. The molecule has 0 spiro atoms. The van der Waals surface area contributed by atoms with Crippen LogP contribution in [0, 0.1) is 23.0 Å². The van der Waals surface area contributed by atoms with Crippen LogP contribution in [0.15, 0.2) is 42.6 Å². The summed E-state index contributed by atoms with van der Waals surface area (Å²) in [7, 11) is 4.51. The number of fused-ring (bicyclic) bond motifs is 1. The highest BCUT2D eigenvalue weighted by molar-refractivity contribution is 5.85. The molecule has 2 aromatic heterocycles. The number of methoxy groups -OCH3 is 3. The fraction of sp³-hybridized carbons (Fsp3) is 0.286. The third kappa shape index (κ3) is 4.68. The van der Waals surface area contributed by atoms with Crippen LogP contribution in [0.5, 0.6) is 17.2 Å². The van der Waals surface area contributed by atoms with Crippen molar-refractivity contribution in [3.8, 4) is 45.7 Å². The molecule has 0 aliphatic rings. The Labute approximate surface area is 214 Å². The number of halogens is 2. The molecule has 0 unspecified atom stereocenters. The molecule has 2 aromatic carbocycles. The Morgan fingerprint density at radius 1 is 0.946 bits per heavy atom. The summed E-state index contributed by atoms with van der Waals surface area (Å²) >= 11 is 0. The Morgan fingerprint density at radius 2 is 1.62 bits per heavy atom. The van der Waals surface area contributed by atoms with E-state index in [4.69, 9.17) is 14.2 Å². The zero-order chi connectivity index (χ0) is 26.7. The topological polar surface area (TPSA) is 72.0 Å². The highest BCUT2D eigenvalue weighted by Gasteiger charge is 2.23. The van der Waals surface area contributed by atoms with Crippen LogP contribution in [0.3, 0.4) is 0 Å². The molecule has 0 saturated carbocycles. The number of hydrogen-bond acceptors (Lipinski definition) is 6. The summed E-state index contributed by atoms with van der Waals surface area (Å²) in [6, 6.07) is 10.9. The van der Waals surface area contributed by atoms with Gasteiger partial charge in [0.05, 0.1) is 38.9 Å². The summed E-state index contributed by atoms with van der Waals surface area (Å²) in [5.41, 5.74) is 3.16. The summed E-state index contributed by atoms with van der Waals surface area (Å²) in [6.45, 7) is 6.25. The van der Waals surface area contributed by atoms with E-state index >= 15 is 4.39 Å². The summed E-state index contributed by atoms with van der Waals surface area (Å²) in [4.78, 5) is 6.77. The summed E-state index contributed by atoms with van der Waals surface area (Å²) in [6.07, 6.45) is 1.69. The van der Waals surface area contributed by atoms with Crippen molar-refractivity contribution < 1.29 is 23.0 Å². The van der Waals surface area contributed by atoms with Crippen molar-refractivity contribution >= 4 is 5.65 Å². The Kier molecular flexibility index (Phi) is 7.60. The zero-order valence-electron chi connectivity index (χ0n) is 21.4. The first kappa shape index (κ1) is 25.9. The van der Waals surface area contributed by atoms with Crippen LogP contribution >= 0.6 is 0 Å². The fourth-order valence-electron chi connectivity index (χ4n) is 4.48. The van der Waals surface area contributed by atoms with Gasteiger partial charge in [-0.05, 0) is 49.0 Å². The lowest BCUT2D eigenvalue weighted by Crippen LogP contribution is -2.23. The van der Waals surface area contributed by atoms with Gasteiger partial charge in [-0.1, -0.05) is 13.8 Å². The van der Waals surface area contributed by atoms with Gasteiger partial charge in [0, 0.05) is 23.7 Å². The second kappa shape index (κ2) is 10.8. The van der Waals surface area contributed by atoms with E-state index in [-0.39, 0.29) is 5.56 Å². The van der Waals surface area contributed by atoms with Gasteiger partial charge >= 0.3 is 0 Å². The van der Waals surface area contributed by atoms with Crippen LogP contribution in [0.25, 0.3) is 28.0 Å². The summed E-state index contributed by atoms with van der Waals surface area (Å²) in [5, 5.41) is 10.2. The molecule has 0 N–H and O–H groups in total. The van der Waals surface area contributed by atoms with Gasteiger partial charge in [-0.15, -0.1) is 0 Å². The minimum atomic E-state index is -0.718. The molecule has 0 atom stereocenters. The second-order valence-corrected chi connectivity index (χ2v) is 8.34. The number of nitrogens with zero attached hydrogens (tertiary/aromatic N) is 4. The quantitative estimate of drug-likeness (QED) is 0.291. The zero-order valence-corrected chi connectivity index (χ0v) is 21.4. The monoisotopic (exact) mass is 506 g/mol. The van der Waals surface area contributed by atoms with Crippen LogP contribution < -0.4 is 14.2 Å². The van der Waals surface area contributed by atoms with E-state index in [2.05, 4.69) is 29.8 Å². The molecule has 0 aliphatic carbocycles. The number of aromatic nitrogens is 2. The molecule has 2 heterocycles. The Bertz CT molecular complexity index is 1460. The SMILES string of the molecule is CCN(CC)Cc1cnc2c(C#N)c(-c3cc(OC)c(OC)c(OC)c3)cc(-c3ccc(F)cc3F)n12. The maximum Gasteiger partial charge on any atom is 0.203 e. The lowest BCUT2D eigenvalue weighted by molar-refractivity contribution is 0.291. The minimum absolute atomic E-state index is 0.184. The molecule has 0 fully saturated rings. The van der Waals surface area contributed by atoms with Crippen molar-refractivity contribution in [3.63, 3.8) is 0 Å². The first-order valence-electron chi connectivity index (χ1n) is 11.8. The molecule has 4 aromatic rings. The largest absolute Gasteiger partial charge is 0.493 e. The Balaban J connectivity index is 2.09. The average Bonchev–Trinajstić information content (AvgIpc) is 3.33. The van der Waals surface area contributed by atoms with E-state index in [1.807, 2.05) is 0 Å². The van der Waals surface area contributed by atoms with Gasteiger partial charge in [-0.3, -0.25) is 9.30 Å². The molecule has 0 saturated heterocycles. The van der Waals surface area contributed by atoms with Gasteiger partial charge in [-0.25, -0.2) is 13.8 Å². The van der Waals surface area contributed by atoms with Gasteiger partial charge in [0.15, 0.2) is 17.1 Å². The molecule has 7 nitrogen and oxygen atoms in total. The van der Waals surface area contributed by atoms with E-state index < -0.39 is 11.6 Å². The number of ether oxygens (including phenoxy) is 3. The molecule has 0 bridgehead atoms. The van der Waals surface area contributed by atoms with Gasteiger partial charge < -0.3 is 14.2 Å². The van der Waals surface area contributed by atoms with E-state index in [0.29, 0.717) is 51.8 Å². The predicted molar refractivity (Wildman–Crippen MR) is 137 cm³/mol. The molecule has 9 heteroatoms. The lowest BCUT2D eigenvalue weighted by atomic mass is 9.97. The lowest BCUT2D eigenvalue weighted by Gasteiger charge is -2.20. The molecule has 0 amide bonds. The van der Waals surface area contributed by atoms with Crippen LogP contribution in [-0.2, 0) is 6.54 Å². The third-order valence-corrected chi connectivity index (χ3v) is 6.42. The van der Waals surface area contributed by atoms with Crippen molar-refractivity contribution in [1.82, 2.24) is 14.3 Å². The fourth-order valence-corrected chi connectivity index (χ4v) is 4.48. The van der Waals surface area contributed by atoms with Crippen LogP contribution in [-0.4, -0.2) is 48.7 Å². The predicted octanol–water partition coefficient (Wildman–Crippen LogP) is 5.69. The molecule has 0 radical (unpaired) electrons. The molecule has 192 valence electrons. The summed E-state index contributed by atoms with van der Waals surface area (Å²) < 4.78 is 47.2. The van der Waals surface area contributed by atoms with Gasteiger partial charge in [-0.2, -0.15) is 5.26 Å². The normalized spacial score (nSPS) is 11.1. The minimum Gasteiger partial charge on any atom is -0.493 e. The van der Waals surface area contributed by atoms with Crippen molar-refractivity contribution in [2.75, 3.05) is 34.4 Å². The van der Waals surface area contributed by atoms with E-state index in [0.717, 1.165) is 24.8 Å². The van der Waals surface area contributed by atoms with Crippen molar-refractivity contribution in [2.24, 2.45) is 0 Å². The number of nitriles is 1. The van der Waals surface area contributed by atoms with E-state index in [1.165, 1.54) is 33.5 Å². The van der Waals surface area contributed by atoms with Gasteiger partial charge in [0.2, 0.25) is 5.75 Å².